The summed E-state index contributed by atoms with van der Waals surface area (Å²) >= 11 is 0. The van der Waals surface area contributed by atoms with Crippen LogP contribution in [0.3, 0.4) is 0 Å². The van der Waals surface area contributed by atoms with Crippen LogP contribution in [0.25, 0.3) is 21.9 Å². The van der Waals surface area contributed by atoms with Gasteiger partial charge >= 0.3 is 0 Å². The molecule has 0 bridgehead atoms. The Hall–Kier alpha value is -2.08. The number of hydrogen-bond donors (Lipinski definition) is 0. The zero-order valence-electron chi connectivity index (χ0n) is 11.7. The molecule has 0 aliphatic rings. The van der Waals surface area contributed by atoms with Gasteiger partial charge in [-0.05, 0) is 53.8 Å². The highest BCUT2D eigenvalue weighted by Gasteiger charge is 2.09. The zero-order valence-corrected chi connectivity index (χ0v) is 11.7. The highest BCUT2D eigenvalue weighted by atomic mass is 14.1. The van der Waals surface area contributed by atoms with Crippen LogP contribution in [0.5, 0.6) is 0 Å². The van der Waals surface area contributed by atoms with Crippen molar-refractivity contribution in [2.75, 3.05) is 0 Å². The van der Waals surface area contributed by atoms with Crippen LogP contribution in [-0.2, 0) is 0 Å². The van der Waals surface area contributed by atoms with Crippen molar-refractivity contribution < 1.29 is 0 Å². The maximum absolute atomic E-state index is 2.27. The molecule has 19 heavy (non-hydrogen) atoms. The molecule has 0 saturated carbocycles. The summed E-state index contributed by atoms with van der Waals surface area (Å²) in [6.45, 7) is 6.57. The molecule has 0 saturated heterocycles. The first-order valence-corrected chi connectivity index (χ1v) is 6.73. The van der Waals surface area contributed by atoms with Gasteiger partial charge < -0.3 is 0 Å². The first-order chi connectivity index (χ1) is 9.16. The summed E-state index contributed by atoms with van der Waals surface area (Å²) in [5.74, 6) is 0. The normalized spacial score (nSPS) is 10.9. The van der Waals surface area contributed by atoms with Crippen molar-refractivity contribution in [2.24, 2.45) is 0 Å². The number of hydrogen-bond acceptors (Lipinski definition) is 0. The summed E-state index contributed by atoms with van der Waals surface area (Å²) in [5.41, 5.74) is 6.76. The predicted octanol–water partition coefficient (Wildman–Crippen LogP) is 5.43. The average molecular weight is 246 g/mol. The molecular weight excluding hydrogens is 228 g/mol. The third kappa shape index (κ3) is 2.04. The minimum Gasteiger partial charge on any atom is -0.0616 e. The van der Waals surface area contributed by atoms with Gasteiger partial charge in [0.25, 0.3) is 0 Å². The lowest BCUT2D eigenvalue weighted by atomic mass is 9.90. The van der Waals surface area contributed by atoms with E-state index in [0.29, 0.717) is 0 Å². The van der Waals surface area contributed by atoms with E-state index >= 15 is 0 Å². The standard InChI is InChI=1S/C19H18/c1-13-11-14(2)19(15(3)12-13)18-10-6-8-16-7-4-5-9-17(16)18/h4-12H,1-3H3. The van der Waals surface area contributed by atoms with Gasteiger partial charge in [0.05, 0.1) is 0 Å². The van der Waals surface area contributed by atoms with Crippen LogP contribution in [0.4, 0.5) is 0 Å². The largest absolute Gasteiger partial charge is 0.0616 e. The van der Waals surface area contributed by atoms with Crippen LogP contribution in [0, 0.1) is 20.8 Å². The van der Waals surface area contributed by atoms with Crippen molar-refractivity contribution in [1.82, 2.24) is 0 Å². The lowest BCUT2D eigenvalue weighted by molar-refractivity contribution is 1.32. The van der Waals surface area contributed by atoms with Gasteiger partial charge in [-0.1, -0.05) is 60.2 Å². The molecule has 0 radical (unpaired) electrons. The number of fused-ring (bicyclic) bond motifs is 1. The van der Waals surface area contributed by atoms with Gasteiger partial charge in [-0.2, -0.15) is 0 Å². The van der Waals surface area contributed by atoms with E-state index in [0.717, 1.165) is 0 Å². The highest BCUT2D eigenvalue weighted by molar-refractivity contribution is 5.98. The molecule has 0 atom stereocenters. The Labute approximate surface area is 114 Å². The van der Waals surface area contributed by atoms with E-state index in [-0.39, 0.29) is 0 Å². The van der Waals surface area contributed by atoms with Gasteiger partial charge in [-0.3, -0.25) is 0 Å². The fraction of sp³-hybridized carbons (Fsp3) is 0.158. The minimum atomic E-state index is 1.30. The Morgan fingerprint density at radius 2 is 1.32 bits per heavy atom. The van der Waals surface area contributed by atoms with Gasteiger partial charge in [0.15, 0.2) is 0 Å². The summed E-state index contributed by atoms with van der Waals surface area (Å²) < 4.78 is 0. The number of aryl methyl sites for hydroxylation is 3. The summed E-state index contributed by atoms with van der Waals surface area (Å²) in [6.07, 6.45) is 0. The quantitative estimate of drug-likeness (QED) is 0.537. The second-order valence-electron chi connectivity index (χ2n) is 5.30. The molecule has 0 amide bonds. The van der Waals surface area contributed by atoms with Crippen LogP contribution >= 0.6 is 0 Å². The van der Waals surface area contributed by atoms with E-state index < -0.39 is 0 Å². The summed E-state index contributed by atoms with van der Waals surface area (Å²) in [7, 11) is 0. The molecular formula is C19H18. The fourth-order valence-corrected chi connectivity index (χ4v) is 3.05. The fourth-order valence-electron chi connectivity index (χ4n) is 3.05. The van der Waals surface area contributed by atoms with Crippen molar-refractivity contribution in [3.63, 3.8) is 0 Å². The second-order valence-corrected chi connectivity index (χ2v) is 5.30. The zero-order chi connectivity index (χ0) is 13.4. The molecule has 0 spiro atoms. The third-order valence-corrected chi connectivity index (χ3v) is 3.74. The van der Waals surface area contributed by atoms with E-state index in [1.807, 2.05) is 0 Å². The van der Waals surface area contributed by atoms with Gasteiger partial charge in [0.2, 0.25) is 0 Å². The van der Waals surface area contributed by atoms with Crippen molar-refractivity contribution >= 4 is 10.8 Å². The Morgan fingerprint density at radius 1 is 0.684 bits per heavy atom. The highest BCUT2D eigenvalue weighted by Crippen LogP contribution is 2.33. The topological polar surface area (TPSA) is 0 Å². The molecule has 0 unspecified atom stereocenters. The molecule has 0 N–H and O–H groups in total. The van der Waals surface area contributed by atoms with Gasteiger partial charge in [0.1, 0.15) is 0 Å². The van der Waals surface area contributed by atoms with Crippen LogP contribution < -0.4 is 0 Å². The van der Waals surface area contributed by atoms with Crippen LogP contribution in [0.2, 0.25) is 0 Å². The van der Waals surface area contributed by atoms with Gasteiger partial charge in [-0.25, -0.2) is 0 Å². The van der Waals surface area contributed by atoms with E-state index in [1.54, 1.807) is 0 Å². The van der Waals surface area contributed by atoms with Crippen molar-refractivity contribution in [3.05, 3.63) is 71.3 Å². The molecule has 3 rings (SSSR count). The van der Waals surface area contributed by atoms with Gasteiger partial charge in [-0.15, -0.1) is 0 Å². The van der Waals surface area contributed by atoms with E-state index in [1.165, 1.54) is 38.6 Å². The monoisotopic (exact) mass is 246 g/mol. The Morgan fingerprint density at radius 3 is 2.05 bits per heavy atom. The van der Waals surface area contributed by atoms with Crippen LogP contribution in [0.15, 0.2) is 54.6 Å². The molecule has 94 valence electrons. The van der Waals surface area contributed by atoms with Crippen molar-refractivity contribution in [2.45, 2.75) is 20.8 Å². The maximum atomic E-state index is 2.27. The molecule has 0 aliphatic carbocycles. The van der Waals surface area contributed by atoms with Crippen molar-refractivity contribution in [3.8, 4) is 11.1 Å². The second kappa shape index (κ2) is 4.55. The minimum absolute atomic E-state index is 1.30. The van der Waals surface area contributed by atoms with Gasteiger partial charge in [0, 0.05) is 0 Å². The summed E-state index contributed by atoms with van der Waals surface area (Å²) in [4.78, 5) is 0. The SMILES string of the molecule is Cc1cc(C)c(-c2cccc3ccccc23)c(C)c1. The molecule has 0 aromatic heterocycles. The van der Waals surface area contributed by atoms with Crippen LogP contribution in [0.1, 0.15) is 16.7 Å². The first-order valence-electron chi connectivity index (χ1n) is 6.73. The van der Waals surface area contributed by atoms with E-state index in [4.69, 9.17) is 0 Å². The Bertz CT molecular complexity index is 723. The lowest BCUT2D eigenvalue weighted by Gasteiger charge is -2.14. The first kappa shape index (κ1) is 12.0. The molecule has 0 fully saturated rings. The molecule has 3 aromatic rings. The molecule has 0 heteroatoms. The predicted molar refractivity (Wildman–Crippen MR) is 83.6 cm³/mol. The van der Waals surface area contributed by atoms with Crippen molar-refractivity contribution in [1.29, 1.82) is 0 Å². The average Bonchev–Trinajstić information content (AvgIpc) is 2.38. The van der Waals surface area contributed by atoms with E-state index in [2.05, 4.69) is 75.4 Å². The molecule has 3 aromatic carbocycles. The number of benzene rings is 3. The summed E-state index contributed by atoms with van der Waals surface area (Å²) in [5, 5.41) is 2.64. The molecule has 0 aliphatic heterocycles. The Kier molecular flexibility index (Phi) is 2.87. The Balaban J connectivity index is 2.37. The molecule has 0 nitrogen and oxygen atoms in total. The third-order valence-electron chi connectivity index (χ3n) is 3.74. The summed E-state index contributed by atoms with van der Waals surface area (Å²) in [6, 6.07) is 19.7. The van der Waals surface area contributed by atoms with Crippen LogP contribution in [-0.4, -0.2) is 0 Å². The maximum Gasteiger partial charge on any atom is -0.0100 e. The van der Waals surface area contributed by atoms with E-state index in [9.17, 15) is 0 Å². The smallest absolute Gasteiger partial charge is 0.0100 e. The lowest BCUT2D eigenvalue weighted by Crippen LogP contribution is -1.91. The number of rotatable bonds is 1. The molecule has 0 heterocycles.